The van der Waals surface area contributed by atoms with Crippen LogP contribution in [0, 0.1) is 0 Å². The fourth-order valence-corrected chi connectivity index (χ4v) is 4.14. The molecule has 2 aliphatic heterocycles. The molecule has 23 heavy (non-hydrogen) atoms. The summed E-state index contributed by atoms with van der Waals surface area (Å²) in [7, 11) is 0. The van der Waals surface area contributed by atoms with Gasteiger partial charge in [-0.25, -0.2) is 4.98 Å². The first kappa shape index (κ1) is 15.1. The molecule has 4 rings (SSSR count). The van der Waals surface area contributed by atoms with Crippen LogP contribution in [0.25, 0.3) is 4.96 Å². The highest BCUT2D eigenvalue weighted by atomic mass is 32.1. The van der Waals surface area contributed by atoms with Crippen LogP contribution in [0.4, 0.5) is 0 Å². The monoisotopic (exact) mass is 334 g/mol. The fraction of sp³-hybridized carbons (Fsp3) is 0.625. The van der Waals surface area contributed by atoms with Crippen LogP contribution >= 0.6 is 11.3 Å². The van der Waals surface area contributed by atoms with Crippen LogP contribution in [0.1, 0.15) is 29.8 Å². The molecule has 0 spiro atoms. The lowest BCUT2D eigenvalue weighted by Crippen LogP contribution is -2.42. The third kappa shape index (κ3) is 3.27. The maximum Gasteiger partial charge on any atom is 0.274 e. The van der Waals surface area contributed by atoms with E-state index in [1.165, 1.54) is 12.8 Å². The maximum absolute atomic E-state index is 12.8. The van der Waals surface area contributed by atoms with Crippen molar-refractivity contribution in [3.8, 4) is 0 Å². The molecule has 6 nitrogen and oxygen atoms in total. The molecule has 7 heteroatoms. The van der Waals surface area contributed by atoms with E-state index in [1.807, 2.05) is 27.1 Å². The van der Waals surface area contributed by atoms with E-state index in [2.05, 4.69) is 9.88 Å². The quantitative estimate of drug-likeness (QED) is 0.858. The molecular weight excluding hydrogens is 312 g/mol. The van der Waals surface area contributed by atoms with Crippen LogP contribution in [0.3, 0.4) is 0 Å². The number of carbonyl (C=O) groups excluding carboxylic acids is 1. The molecule has 2 aromatic heterocycles. The van der Waals surface area contributed by atoms with Crippen molar-refractivity contribution in [1.29, 1.82) is 0 Å². The van der Waals surface area contributed by atoms with Crippen LogP contribution in [0.2, 0.25) is 0 Å². The lowest BCUT2D eigenvalue weighted by Gasteiger charge is -2.26. The average Bonchev–Trinajstić information content (AvgIpc) is 3.22. The van der Waals surface area contributed by atoms with Gasteiger partial charge in [-0.2, -0.15) is 0 Å². The van der Waals surface area contributed by atoms with E-state index >= 15 is 0 Å². The zero-order valence-electron chi connectivity index (χ0n) is 13.2. The zero-order valence-corrected chi connectivity index (χ0v) is 14.0. The third-order valence-electron chi connectivity index (χ3n) is 4.61. The van der Waals surface area contributed by atoms with Gasteiger partial charge in [0, 0.05) is 44.0 Å². The molecule has 1 unspecified atom stereocenters. The number of imidazole rings is 1. The van der Waals surface area contributed by atoms with Gasteiger partial charge in [0.05, 0.1) is 6.10 Å². The Balaban J connectivity index is 1.45. The van der Waals surface area contributed by atoms with Crippen molar-refractivity contribution in [1.82, 2.24) is 19.2 Å². The van der Waals surface area contributed by atoms with E-state index in [0.717, 1.165) is 44.2 Å². The van der Waals surface area contributed by atoms with Gasteiger partial charge in [0.1, 0.15) is 5.69 Å². The molecule has 1 amide bonds. The summed E-state index contributed by atoms with van der Waals surface area (Å²) in [4.78, 5) is 22.5. The van der Waals surface area contributed by atoms with E-state index in [1.54, 1.807) is 11.3 Å². The van der Waals surface area contributed by atoms with Gasteiger partial charge in [-0.05, 0) is 32.4 Å². The van der Waals surface area contributed by atoms with Crippen molar-refractivity contribution in [2.24, 2.45) is 0 Å². The number of amides is 1. The van der Waals surface area contributed by atoms with Crippen LogP contribution in [0.5, 0.6) is 0 Å². The van der Waals surface area contributed by atoms with Gasteiger partial charge in [0.25, 0.3) is 5.91 Å². The second-order valence-corrected chi connectivity index (χ2v) is 7.20. The summed E-state index contributed by atoms with van der Waals surface area (Å²) < 4.78 is 7.88. The summed E-state index contributed by atoms with van der Waals surface area (Å²) in [5.74, 6) is 0.0258. The third-order valence-corrected chi connectivity index (χ3v) is 5.38. The zero-order chi connectivity index (χ0) is 15.6. The summed E-state index contributed by atoms with van der Waals surface area (Å²) in [6.07, 6.45) is 7.33. The van der Waals surface area contributed by atoms with Gasteiger partial charge in [-0.15, -0.1) is 11.3 Å². The van der Waals surface area contributed by atoms with Crippen molar-refractivity contribution in [3.05, 3.63) is 23.5 Å². The summed E-state index contributed by atoms with van der Waals surface area (Å²) in [5.41, 5.74) is 0.540. The molecule has 2 fully saturated rings. The van der Waals surface area contributed by atoms with E-state index in [4.69, 9.17) is 4.74 Å². The van der Waals surface area contributed by atoms with Crippen LogP contribution in [-0.2, 0) is 4.74 Å². The van der Waals surface area contributed by atoms with E-state index in [0.29, 0.717) is 12.2 Å². The molecule has 1 atom stereocenters. The molecule has 2 aliphatic rings. The van der Waals surface area contributed by atoms with Gasteiger partial charge in [0.2, 0.25) is 0 Å². The lowest BCUT2D eigenvalue weighted by atomic mass is 10.2. The average molecular weight is 334 g/mol. The van der Waals surface area contributed by atoms with Gasteiger partial charge >= 0.3 is 0 Å². The van der Waals surface area contributed by atoms with Crippen molar-refractivity contribution in [2.75, 3.05) is 39.3 Å². The molecule has 0 bridgehead atoms. The molecule has 0 N–H and O–H groups in total. The maximum atomic E-state index is 12.8. The van der Waals surface area contributed by atoms with Crippen LogP contribution in [0.15, 0.2) is 17.8 Å². The lowest BCUT2D eigenvalue weighted by molar-refractivity contribution is 0.0296. The number of nitrogens with zero attached hydrogens (tertiary/aromatic N) is 4. The largest absolute Gasteiger partial charge is 0.375 e. The van der Waals surface area contributed by atoms with Gasteiger partial charge in [-0.3, -0.25) is 9.20 Å². The Bertz CT molecular complexity index is 648. The summed E-state index contributed by atoms with van der Waals surface area (Å²) >= 11 is 1.55. The molecule has 4 heterocycles. The number of rotatable bonds is 3. The minimum absolute atomic E-state index is 0.0258. The van der Waals surface area contributed by atoms with Gasteiger partial charge in [0.15, 0.2) is 4.96 Å². The minimum Gasteiger partial charge on any atom is -0.375 e. The minimum atomic E-state index is 0.0258. The molecule has 0 saturated carbocycles. The molecule has 2 saturated heterocycles. The Morgan fingerprint density at radius 3 is 3.00 bits per heavy atom. The Morgan fingerprint density at radius 2 is 2.17 bits per heavy atom. The van der Waals surface area contributed by atoms with E-state index < -0.39 is 0 Å². The SMILES string of the molecule is O=C(c1cn2ccsc2n1)N1CCCOC(CN2CCCC2)C1. The van der Waals surface area contributed by atoms with Crippen LogP contribution < -0.4 is 0 Å². The number of hydrogen-bond donors (Lipinski definition) is 0. The van der Waals surface area contributed by atoms with Gasteiger partial charge in [-0.1, -0.05) is 0 Å². The first-order valence-electron chi connectivity index (χ1n) is 8.35. The summed E-state index contributed by atoms with van der Waals surface area (Å²) in [6.45, 7) is 5.40. The van der Waals surface area contributed by atoms with E-state index in [9.17, 15) is 4.79 Å². The van der Waals surface area contributed by atoms with Crippen LogP contribution in [-0.4, -0.2) is 70.5 Å². The number of fused-ring (bicyclic) bond motifs is 1. The predicted molar refractivity (Wildman–Crippen MR) is 89.0 cm³/mol. The topological polar surface area (TPSA) is 50.1 Å². The predicted octanol–water partition coefficient (Wildman–Crippen LogP) is 1.72. The Morgan fingerprint density at radius 1 is 1.30 bits per heavy atom. The molecular formula is C16H22N4O2S. The first-order valence-corrected chi connectivity index (χ1v) is 9.23. The number of thiazole rings is 1. The second-order valence-electron chi connectivity index (χ2n) is 6.32. The van der Waals surface area contributed by atoms with Crippen molar-refractivity contribution in [3.63, 3.8) is 0 Å². The highest BCUT2D eigenvalue weighted by molar-refractivity contribution is 7.15. The summed E-state index contributed by atoms with van der Waals surface area (Å²) in [5, 5.41) is 1.97. The Labute approximate surface area is 139 Å². The number of carbonyl (C=O) groups is 1. The van der Waals surface area contributed by atoms with Crippen molar-refractivity contribution < 1.29 is 9.53 Å². The normalized spacial score (nSPS) is 23.5. The highest BCUT2D eigenvalue weighted by Crippen LogP contribution is 2.16. The van der Waals surface area contributed by atoms with Gasteiger partial charge < -0.3 is 14.5 Å². The van der Waals surface area contributed by atoms with Crippen molar-refractivity contribution in [2.45, 2.75) is 25.4 Å². The number of hydrogen-bond acceptors (Lipinski definition) is 5. The Kier molecular flexibility index (Phi) is 4.33. The standard InChI is InChI=1S/C16H22N4O2S/c21-15(14-12-20-7-9-23-16(20)17-14)19-6-3-8-22-13(11-19)10-18-4-1-2-5-18/h7,9,12-13H,1-6,8,10-11H2. The molecule has 2 aromatic rings. The summed E-state index contributed by atoms with van der Waals surface area (Å²) in [6, 6.07) is 0. The molecule has 0 aliphatic carbocycles. The molecule has 0 aromatic carbocycles. The molecule has 124 valence electrons. The number of likely N-dealkylation sites (tertiary alicyclic amines) is 1. The number of aromatic nitrogens is 2. The fourth-order valence-electron chi connectivity index (χ4n) is 3.44. The van der Waals surface area contributed by atoms with E-state index in [-0.39, 0.29) is 12.0 Å². The highest BCUT2D eigenvalue weighted by Gasteiger charge is 2.27. The molecule has 0 radical (unpaired) electrons. The smallest absolute Gasteiger partial charge is 0.274 e. The number of ether oxygens (including phenoxy) is 1. The Hall–Kier alpha value is -1.44. The second kappa shape index (κ2) is 6.59. The van der Waals surface area contributed by atoms with Crippen molar-refractivity contribution >= 4 is 22.2 Å². The first-order chi connectivity index (χ1) is 11.3.